The minimum absolute atomic E-state index is 0. The monoisotopic (exact) mass is 410 g/mol. The number of fused-ring (bicyclic) bond motifs is 2. The van der Waals surface area contributed by atoms with Gasteiger partial charge in [0.05, 0.1) is 18.2 Å². The Morgan fingerprint density at radius 3 is 2.52 bits per heavy atom. The van der Waals surface area contributed by atoms with Crippen molar-refractivity contribution in [2.75, 3.05) is 34.2 Å². The van der Waals surface area contributed by atoms with Crippen LogP contribution in [0.4, 0.5) is 0 Å². The molecule has 0 aliphatic carbocycles. The lowest BCUT2D eigenvalue weighted by molar-refractivity contribution is 0.0992. The molecule has 2 fully saturated rings. The van der Waals surface area contributed by atoms with Crippen LogP contribution in [0.25, 0.3) is 0 Å². The zero-order valence-electron chi connectivity index (χ0n) is 14.0. The van der Waals surface area contributed by atoms with Gasteiger partial charge in [0.2, 0.25) is 0 Å². The third-order valence-electron chi connectivity index (χ3n) is 4.13. The Hall–Kier alpha value is -0.0800. The van der Waals surface area contributed by atoms with Crippen LogP contribution in [-0.4, -0.2) is 63.3 Å². The van der Waals surface area contributed by atoms with Crippen LogP contribution in [0, 0.1) is 5.41 Å². The molecule has 5 nitrogen and oxygen atoms in total. The van der Waals surface area contributed by atoms with Gasteiger partial charge in [-0.2, -0.15) is 0 Å². The van der Waals surface area contributed by atoms with Gasteiger partial charge in [-0.3, -0.25) is 4.99 Å². The van der Waals surface area contributed by atoms with Crippen LogP contribution in [0.1, 0.15) is 33.1 Å². The van der Waals surface area contributed by atoms with E-state index in [1.165, 1.54) is 12.8 Å². The van der Waals surface area contributed by atoms with Crippen molar-refractivity contribution in [1.82, 2.24) is 15.5 Å². The molecule has 3 unspecified atom stereocenters. The molecule has 2 rings (SSSR count). The van der Waals surface area contributed by atoms with E-state index in [1.807, 2.05) is 7.05 Å². The van der Waals surface area contributed by atoms with E-state index in [0.717, 1.165) is 25.5 Å². The quantitative estimate of drug-likeness (QED) is 0.412. The van der Waals surface area contributed by atoms with Crippen LogP contribution < -0.4 is 10.6 Å². The standard InChI is InChI=1S/C15H30N4O.HI/c1-15(2,10-19(4)5)9-17-14(16-3)18-12-8-11-6-7-13(12)20-11;/h11-13H,6-10H2,1-5H3,(H2,16,17,18);1H. The molecule has 2 N–H and O–H groups in total. The highest BCUT2D eigenvalue weighted by Gasteiger charge is 2.41. The first-order valence-electron chi connectivity index (χ1n) is 7.67. The molecular formula is C15H31IN4O. The molecule has 6 heteroatoms. The van der Waals surface area contributed by atoms with E-state index in [0.29, 0.717) is 18.2 Å². The Labute approximate surface area is 146 Å². The van der Waals surface area contributed by atoms with Gasteiger partial charge in [-0.25, -0.2) is 0 Å². The maximum Gasteiger partial charge on any atom is 0.191 e. The van der Waals surface area contributed by atoms with Crippen molar-refractivity contribution in [2.45, 2.75) is 51.4 Å². The molecule has 0 aromatic rings. The molecule has 0 aromatic carbocycles. The van der Waals surface area contributed by atoms with Crippen molar-refractivity contribution < 1.29 is 4.74 Å². The second-order valence-electron chi connectivity index (χ2n) is 7.19. The Balaban J connectivity index is 0.00000220. The zero-order chi connectivity index (χ0) is 14.8. The van der Waals surface area contributed by atoms with E-state index in [2.05, 4.69) is 48.5 Å². The molecule has 2 heterocycles. The summed E-state index contributed by atoms with van der Waals surface area (Å²) in [6.45, 7) is 6.50. The second kappa shape index (κ2) is 7.97. The maximum absolute atomic E-state index is 5.88. The van der Waals surface area contributed by atoms with Gasteiger partial charge in [0.15, 0.2) is 5.96 Å². The summed E-state index contributed by atoms with van der Waals surface area (Å²) in [6, 6.07) is 0.428. The largest absolute Gasteiger partial charge is 0.373 e. The summed E-state index contributed by atoms with van der Waals surface area (Å²) in [6.07, 6.45) is 4.39. The maximum atomic E-state index is 5.88. The first-order chi connectivity index (χ1) is 9.39. The van der Waals surface area contributed by atoms with E-state index in [9.17, 15) is 0 Å². The molecule has 0 radical (unpaired) electrons. The minimum Gasteiger partial charge on any atom is -0.373 e. The Morgan fingerprint density at radius 1 is 1.33 bits per heavy atom. The highest BCUT2D eigenvalue weighted by Crippen LogP contribution is 2.34. The lowest BCUT2D eigenvalue weighted by atomic mass is 9.93. The SMILES string of the molecule is CN=C(NCC(C)(C)CN(C)C)NC1CC2CCC1O2.I. The fourth-order valence-electron chi connectivity index (χ4n) is 3.39. The van der Waals surface area contributed by atoms with Gasteiger partial charge in [0.1, 0.15) is 0 Å². The molecule has 2 bridgehead atoms. The van der Waals surface area contributed by atoms with Gasteiger partial charge in [-0.1, -0.05) is 13.8 Å². The number of ether oxygens (including phenoxy) is 1. The highest BCUT2D eigenvalue weighted by atomic mass is 127. The lowest BCUT2D eigenvalue weighted by Crippen LogP contribution is -2.50. The third-order valence-corrected chi connectivity index (χ3v) is 4.13. The van der Waals surface area contributed by atoms with Gasteiger partial charge in [-0.15, -0.1) is 24.0 Å². The molecule has 0 spiro atoms. The summed E-state index contributed by atoms with van der Waals surface area (Å²) < 4.78 is 5.88. The zero-order valence-corrected chi connectivity index (χ0v) is 16.3. The van der Waals surface area contributed by atoms with E-state index in [1.54, 1.807) is 0 Å². The van der Waals surface area contributed by atoms with Crippen LogP contribution >= 0.6 is 24.0 Å². The predicted molar refractivity (Wildman–Crippen MR) is 98.5 cm³/mol. The van der Waals surface area contributed by atoms with E-state index in [-0.39, 0.29) is 29.4 Å². The molecule has 0 saturated carbocycles. The summed E-state index contributed by atoms with van der Waals surface area (Å²) in [7, 11) is 6.06. The van der Waals surface area contributed by atoms with Crippen LogP contribution in [0.15, 0.2) is 4.99 Å². The highest BCUT2D eigenvalue weighted by molar-refractivity contribution is 14.0. The summed E-state index contributed by atoms with van der Waals surface area (Å²) in [4.78, 5) is 6.57. The van der Waals surface area contributed by atoms with Crippen molar-refractivity contribution in [3.8, 4) is 0 Å². The van der Waals surface area contributed by atoms with E-state index >= 15 is 0 Å². The van der Waals surface area contributed by atoms with Crippen LogP contribution in [0.2, 0.25) is 0 Å². The van der Waals surface area contributed by atoms with Gasteiger partial charge in [0, 0.05) is 20.1 Å². The summed E-state index contributed by atoms with van der Waals surface area (Å²) >= 11 is 0. The average molecular weight is 410 g/mol. The lowest BCUT2D eigenvalue weighted by Gasteiger charge is -2.30. The predicted octanol–water partition coefficient (Wildman–Crippen LogP) is 1.68. The van der Waals surface area contributed by atoms with E-state index < -0.39 is 0 Å². The first-order valence-corrected chi connectivity index (χ1v) is 7.67. The van der Waals surface area contributed by atoms with Crippen LogP contribution in [0.3, 0.4) is 0 Å². The molecule has 124 valence electrons. The molecular weight excluding hydrogens is 379 g/mol. The van der Waals surface area contributed by atoms with Crippen LogP contribution in [0.5, 0.6) is 0 Å². The Kier molecular flexibility index (Phi) is 7.19. The number of hydrogen-bond donors (Lipinski definition) is 2. The van der Waals surface area contributed by atoms with Crippen molar-refractivity contribution in [3.05, 3.63) is 0 Å². The number of guanidine groups is 1. The Bertz CT molecular complexity index is 360. The molecule has 21 heavy (non-hydrogen) atoms. The number of aliphatic imine (C=N–C) groups is 1. The molecule has 0 aromatic heterocycles. The second-order valence-corrected chi connectivity index (χ2v) is 7.19. The molecule has 3 atom stereocenters. The molecule has 0 amide bonds. The van der Waals surface area contributed by atoms with Gasteiger partial charge >= 0.3 is 0 Å². The average Bonchev–Trinajstić information content (AvgIpc) is 2.94. The minimum atomic E-state index is 0. The number of nitrogens with one attached hydrogen (secondary N) is 2. The normalized spacial score (nSPS) is 28.7. The van der Waals surface area contributed by atoms with Crippen molar-refractivity contribution in [1.29, 1.82) is 0 Å². The molecule has 2 aliphatic heterocycles. The van der Waals surface area contributed by atoms with Gasteiger partial charge < -0.3 is 20.3 Å². The summed E-state index contributed by atoms with van der Waals surface area (Å²) in [5.74, 6) is 0.901. The number of rotatable bonds is 5. The van der Waals surface area contributed by atoms with Crippen molar-refractivity contribution in [3.63, 3.8) is 0 Å². The first kappa shape index (κ1) is 19.0. The number of hydrogen-bond acceptors (Lipinski definition) is 3. The summed E-state index contributed by atoms with van der Waals surface area (Å²) in [5.41, 5.74) is 0.215. The van der Waals surface area contributed by atoms with Crippen molar-refractivity contribution in [2.24, 2.45) is 10.4 Å². The molecule has 2 saturated heterocycles. The number of nitrogens with zero attached hydrogens (tertiary/aromatic N) is 2. The van der Waals surface area contributed by atoms with Crippen molar-refractivity contribution >= 4 is 29.9 Å². The third kappa shape index (κ3) is 5.56. The van der Waals surface area contributed by atoms with Gasteiger partial charge in [-0.05, 0) is 38.8 Å². The van der Waals surface area contributed by atoms with E-state index in [4.69, 9.17) is 4.74 Å². The summed E-state index contributed by atoms with van der Waals surface area (Å²) in [5, 5.41) is 6.98. The fraction of sp³-hybridized carbons (Fsp3) is 0.933. The topological polar surface area (TPSA) is 48.9 Å². The Morgan fingerprint density at radius 2 is 2.05 bits per heavy atom. The number of halogens is 1. The van der Waals surface area contributed by atoms with Crippen LogP contribution in [-0.2, 0) is 4.74 Å². The molecule has 2 aliphatic rings. The fourth-order valence-corrected chi connectivity index (χ4v) is 3.39. The smallest absolute Gasteiger partial charge is 0.191 e. The van der Waals surface area contributed by atoms with Gasteiger partial charge in [0.25, 0.3) is 0 Å².